The molecule has 1 amide bonds. The van der Waals surface area contributed by atoms with E-state index in [1.807, 2.05) is 6.92 Å². The molecule has 29 heavy (non-hydrogen) atoms. The van der Waals surface area contributed by atoms with Crippen molar-refractivity contribution in [1.29, 1.82) is 0 Å². The summed E-state index contributed by atoms with van der Waals surface area (Å²) >= 11 is 0. The highest BCUT2D eigenvalue weighted by molar-refractivity contribution is 5.95. The van der Waals surface area contributed by atoms with Crippen molar-refractivity contribution in [2.24, 2.45) is 0 Å². The molecule has 0 aliphatic heterocycles. The maximum Gasteiger partial charge on any atom is 0.434 e. The van der Waals surface area contributed by atoms with Gasteiger partial charge >= 0.3 is 6.18 Å². The molecule has 0 saturated carbocycles. The fraction of sp³-hybridized carbons (Fsp3) is 0.238. The summed E-state index contributed by atoms with van der Waals surface area (Å²) in [5.74, 6) is -1.35. The van der Waals surface area contributed by atoms with Gasteiger partial charge in [-0.25, -0.2) is 9.07 Å². The zero-order valence-electron chi connectivity index (χ0n) is 15.8. The number of amides is 1. The van der Waals surface area contributed by atoms with Gasteiger partial charge in [0.1, 0.15) is 5.82 Å². The summed E-state index contributed by atoms with van der Waals surface area (Å²) in [6.07, 6.45) is -3.75. The van der Waals surface area contributed by atoms with E-state index in [2.05, 4.69) is 10.4 Å². The van der Waals surface area contributed by atoms with Crippen LogP contribution in [0.5, 0.6) is 0 Å². The average Bonchev–Trinajstić information content (AvgIpc) is 3.10. The molecule has 1 aromatic heterocycles. The van der Waals surface area contributed by atoms with Gasteiger partial charge in [0.2, 0.25) is 0 Å². The first-order chi connectivity index (χ1) is 13.7. The zero-order valence-corrected chi connectivity index (χ0v) is 15.8. The molecule has 1 atom stereocenters. The number of aromatic nitrogens is 2. The molecule has 0 aliphatic rings. The molecule has 1 unspecified atom stereocenters. The second-order valence-corrected chi connectivity index (χ2v) is 6.82. The Morgan fingerprint density at radius 2 is 1.79 bits per heavy atom. The topological polar surface area (TPSA) is 46.9 Å². The minimum atomic E-state index is -4.79. The first-order valence-corrected chi connectivity index (χ1v) is 8.93. The predicted octanol–water partition coefficient (Wildman–Crippen LogP) is 4.70. The van der Waals surface area contributed by atoms with Crippen LogP contribution in [-0.2, 0) is 12.6 Å². The molecule has 0 fully saturated rings. The molecule has 1 heterocycles. The lowest BCUT2D eigenvalue weighted by molar-refractivity contribution is -0.143. The number of benzene rings is 2. The highest BCUT2D eigenvalue weighted by atomic mass is 19.4. The molecule has 8 heteroatoms. The van der Waals surface area contributed by atoms with Crippen LogP contribution >= 0.6 is 0 Å². The van der Waals surface area contributed by atoms with Crippen molar-refractivity contribution in [2.45, 2.75) is 32.5 Å². The van der Waals surface area contributed by atoms with E-state index >= 15 is 0 Å². The van der Waals surface area contributed by atoms with E-state index in [-0.39, 0.29) is 12.1 Å². The van der Waals surface area contributed by atoms with Gasteiger partial charge in [-0.15, -0.1) is 0 Å². The van der Waals surface area contributed by atoms with Crippen LogP contribution in [0.4, 0.5) is 17.6 Å². The van der Waals surface area contributed by atoms with E-state index in [9.17, 15) is 22.4 Å². The second kappa shape index (κ2) is 8.06. The van der Waals surface area contributed by atoms with Gasteiger partial charge in [-0.2, -0.15) is 18.3 Å². The van der Waals surface area contributed by atoms with Crippen LogP contribution in [0.25, 0.3) is 5.69 Å². The number of carbonyl (C=O) groups excluding carboxylic acids is 1. The number of aryl methyl sites for hydroxylation is 1. The number of nitrogens with zero attached hydrogens (tertiary/aromatic N) is 2. The first kappa shape index (κ1) is 20.6. The fourth-order valence-electron chi connectivity index (χ4n) is 3.02. The minimum Gasteiger partial charge on any atom is -0.349 e. The van der Waals surface area contributed by atoms with Gasteiger partial charge in [0, 0.05) is 6.04 Å². The quantitative estimate of drug-likeness (QED) is 0.626. The highest BCUT2D eigenvalue weighted by Gasteiger charge is 2.40. The van der Waals surface area contributed by atoms with E-state index < -0.39 is 35.2 Å². The molecule has 3 aromatic rings. The molecule has 0 bridgehead atoms. The molecular formula is C21H19F4N3O. The molecule has 0 saturated heterocycles. The second-order valence-electron chi connectivity index (χ2n) is 6.82. The van der Waals surface area contributed by atoms with Crippen LogP contribution < -0.4 is 5.32 Å². The van der Waals surface area contributed by atoms with Crippen LogP contribution in [0.15, 0.2) is 54.7 Å². The van der Waals surface area contributed by atoms with Gasteiger partial charge < -0.3 is 5.32 Å². The van der Waals surface area contributed by atoms with E-state index in [1.165, 1.54) is 24.3 Å². The molecule has 4 nitrogen and oxygen atoms in total. The molecule has 0 radical (unpaired) electrons. The van der Waals surface area contributed by atoms with Crippen molar-refractivity contribution in [3.63, 3.8) is 0 Å². The molecule has 152 valence electrons. The molecule has 0 aliphatic carbocycles. The minimum absolute atomic E-state index is 0.145. The Labute approximate surface area is 165 Å². The number of alkyl halides is 3. The Bertz CT molecular complexity index is 1010. The summed E-state index contributed by atoms with van der Waals surface area (Å²) in [5, 5.41) is 6.28. The van der Waals surface area contributed by atoms with Crippen molar-refractivity contribution in [3.05, 3.63) is 82.9 Å². The smallest absolute Gasteiger partial charge is 0.349 e. The van der Waals surface area contributed by atoms with Crippen molar-refractivity contribution < 1.29 is 22.4 Å². The van der Waals surface area contributed by atoms with Gasteiger partial charge in [-0.1, -0.05) is 35.9 Å². The molecule has 1 N–H and O–H groups in total. The molecule has 3 rings (SSSR count). The number of halogens is 4. The van der Waals surface area contributed by atoms with Crippen molar-refractivity contribution in [2.75, 3.05) is 0 Å². The van der Waals surface area contributed by atoms with Gasteiger partial charge in [0.15, 0.2) is 5.69 Å². The third-order valence-corrected chi connectivity index (χ3v) is 4.42. The highest BCUT2D eigenvalue weighted by Crippen LogP contribution is 2.33. The Balaban J connectivity index is 1.87. The van der Waals surface area contributed by atoms with Crippen molar-refractivity contribution in [1.82, 2.24) is 15.1 Å². The van der Waals surface area contributed by atoms with E-state index in [1.54, 1.807) is 31.2 Å². The molecule has 2 aromatic carbocycles. The van der Waals surface area contributed by atoms with Crippen LogP contribution in [-0.4, -0.2) is 21.7 Å². The maximum atomic E-state index is 13.8. The number of nitrogens with one attached hydrogen (secondary N) is 1. The van der Waals surface area contributed by atoms with Gasteiger partial charge in [-0.05, 0) is 44.0 Å². The Kier molecular flexibility index (Phi) is 5.72. The SMILES string of the molecule is Cc1ccc(-n2ncc(C(=O)NC(C)Cc3ccccc3F)c2C(F)(F)F)cc1. The number of rotatable bonds is 5. The average molecular weight is 405 g/mol. The predicted molar refractivity (Wildman–Crippen MR) is 100 cm³/mol. The molecule has 0 spiro atoms. The monoisotopic (exact) mass is 405 g/mol. The Morgan fingerprint density at radius 3 is 2.41 bits per heavy atom. The van der Waals surface area contributed by atoms with Crippen LogP contribution in [0, 0.1) is 12.7 Å². The summed E-state index contributed by atoms with van der Waals surface area (Å²) < 4.78 is 55.6. The normalized spacial score (nSPS) is 12.6. The van der Waals surface area contributed by atoms with E-state index in [0.717, 1.165) is 11.8 Å². The van der Waals surface area contributed by atoms with Crippen molar-refractivity contribution in [3.8, 4) is 5.69 Å². The fourth-order valence-corrected chi connectivity index (χ4v) is 3.02. The summed E-state index contributed by atoms with van der Waals surface area (Å²) in [5.41, 5.74) is -0.294. The van der Waals surface area contributed by atoms with Crippen LogP contribution in [0.1, 0.15) is 34.1 Å². The Hall–Kier alpha value is -3.16. The first-order valence-electron chi connectivity index (χ1n) is 8.93. The lowest BCUT2D eigenvalue weighted by Gasteiger charge is -2.16. The number of hydrogen-bond acceptors (Lipinski definition) is 2. The standard InChI is InChI=1S/C21H19F4N3O/c1-13-7-9-16(10-8-13)28-19(21(23,24)25)17(12-26-28)20(29)27-14(2)11-15-5-3-4-6-18(15)22/h3-10,12,14H,11H2,1-2H3,(H,27,29). The van der Waals surface area contributed by atoms with Crippen molar-refractivity contribution >= 4 is 5.91 Å². The van der Waals surface area contributed by atoms with Crippen LogP contribution in [0.3, 0.4) is 0 Å². The number of carbonyl (C=O) groups is 1. The number of hydrogen-bond donors (Lipinski definition) is 1. The molecular weight excluding hydrogens is 386 g/mol. The summed E-state index contributed by atoms with van der Waals surface area (Å²) in [7, 11) is 0. The van der Waals surface area contributed by atoms with E-state index in [4.69, 9.17) is 0 Å². The largest absolute Gasteiger partial charge is 0.434 e. The summed E-state index contributed by atoms with van der Waals surface area (Å²) in [6, 6.07) is 11.8. The third kappa shape index (κ3) is 4.64. The zero-order chi connectivity index (χ0) is 21.2. The van der Waals surface area contributed by atoms with E-state index in [0.29, 0.717) is 10.2 Å². The lowest BCUT2D eigenvalue weighted by atomic mass is 10.1. The van der Waals surface area contributed by atoms with Gasteiger partial charge in [-0.3, -0.25) is 4.79 Å². The van der Waals surface area contributed by atoms with Crippen LogP contribution in [0.2, 0.25) is 0 Å². The summed E-state index contributed by atoms with van der Waals surface area (Å²) in [4.78, 5) is 12.5. The van der Waals surface area contributed by atoms with Gasteiger partial charge in [0.05, 0.1) is 17.4 Å². The Morgan fingerprint density at radius 1 is 1.14 bits per heavy atom. The van der Waals surface area contributed by atoms with Gasteiger partial charge in [0.25, 0.3) is 5.91 Å². The third-order valence-electron chi connectivity index (χ3n) is 4.42. The summed E-state index contributed by atoms with van der Waals surface area (Å²) in [6.45, 7) is 3.41. The maximum absolute atomic E-state index is 13.8. The lowest BCUT2D eigenvalue weighted by Crippen LogP contribution is -2.35.